The lowest BCUT2D eigenvalue weighted by Gasteiger charge is -2.32. The molecule has 7 heteroatoms. The molecule has 2 aromatic rings. The largest absolute Gasteiger partial charge is 0.493 e. The number of carbonyl (C=O) groups excluding carboxylic acids is 1. The van der Waals surface area contributed by atoms with E-state index in [2.05, 4.69) is 20.4 Å². The molecule has 1 amide bonds. The van der Waals surface area contributed by atoms with Crippen molar-refractivity contribution >= 4 is 17.8 Å². The number of benzene rings is 1. The van der Waals surface area contributed by atoms with E-state index in [0.29, 0.717) is 11.5 Å². The van der Waals surface area contributed by atoms with Gasteiger partial charge in [-0.2, -0.15) is 5.10 Å². The smallest absolute Gasteiger partial charge is 0.244 e. The highest BCUT2D eigenvalue weighted by Crippen LogP contribution is 2.28. The van der Waals surface area contributed by atoms with Gasteiger partial charge in [0.1, 0.15) is 0 Å². The highest BCUT2D eigenvalue weighted by atomic mass is 16.5. The Morgan fingerprint density at radius 1 is 1.22 bits per heavy atom. The maximum absolute atomic E-state index is 12.2. The summed E-state index contributed by atoms with van der Waals surface area (Å²) in [7, 11) is 3.19. The molecule has 3 rings (SSSR count). The first-order chi connectivity index (χ1) is 13.1. The molecule has 2 heterocycles. The molecule has 1 aliphatic heterocycles. The summed E-state index contributed by atoms with van der Waals surface area (Å²) in [5, 5.41) is 10.3. The molecule has 0 radical (unpaired) electrons. The van der Waals surface area contributed by atoms with Crippen molar-refractivity contribution in [3.05, 3.63) is 41.6 Å². The summed E-state index contributed by atoms with van der Waals surface area (Å²) in [6.45, 7) is 3.76. The van der Waals surface area contributed by atoms with Gasteiger partial charge in [-0.1, -0.05) is 6.07 Å². The van der Waals surface area contributed by atoms with Crippen LogP contribution in [0.1, 0.15) is 24.1 Å². The fraction of sp³-hybridized carbons (Fsp3) is 0.400. The molecule has 0 unspecified atom stereocenters. The number of methoxy groups -OCH3 is 2. The number of carbonyl (C=O) groups is 1. The summed E-state index contributed by atoms with van der Waals surface area (Å²) in [6.07, 6.45) is 5.15. The lowest BCUT2D eigenvalue weighted by atomic mass is 10.0. The van der Waals surface area contributed by atoms with Gasteiger partial charge in [0.25, 0.3) is 0 Å². The van der Waals surface area contributed by atoms with Gasteiger partial charge < -0.3 is 19.7 Å². The Morgan fingerprint density at radius 2 is 1.96 bits per heavy atom. The van der Waals surface area contributed by atoms with Gasteiger partial charge in [0.15, 0.2) is 17.3 Å². The number of hydrogen-bond acceptors (Lipinski definition) is 5. The van der Waals surface area contributed by atoms with Crippen LogP contribution >= 0.6 is 0 Å². The quantitative estimate of drug-likeness (QED) is 0.764. The molecule has 1 aromatic carbocycles. The number of amides is 1. The summed E-state index contributed by atoms with van der Waals surface area (Å²) in [4.78, 5) is 14.5. The van der Waals surface area contributed by atoms with E-state index in [1.165, 1.54) is 0 Å². The van der Waals surface area contributed by atoms with Crippen molar-refractivity contribution in [1.82, 2.24) is 15.5 Å². The number of aromatic nitrogens is 2. The van der Waals surface area contributed by atoms with Gasteiger partial charge >= 0.3 is 0 Å². The number of nitrogens with one attached hydrogen (secondary N) is 2. The van der Waals surface area contributed by atoms with Crippen molar-refractivity contribution in [2.45, 2.75) is 25.8 Å². The predicted octanol–water partition coefficient (Wildman–Crippen LogP) is 2.53. The maximum Gasteiger partial charge on any atom is 0.244 e. The van der Waals surface area contributed by atoms with Crippen LogP contribution in [-0.2, 0) is 4.79 Å². The Hall–Kier alpha value is -2.96. The number of aryl methyl sites for hydroxylation is 1. The van der Waals surface area contributed by atoms with Gasteiger partial charge in [-0.3, -0.25) is 9.89 Å². The lowest BCUT2D eigenvalue weighted by molar-refractivity contribution is -0.117. The van der Waals surface area contributed by atoms with Crippen molar-refractivity contribution < 1.29 is 14.3 Å². The van der Waals surface area contributed by atoms with E-state index >= 15 is 0 Å². The van der Waals surface area contributed by atoms with Gasteiger partial charge in [-0.25, -0.2) is 0 Å². The van der Waals surface area contributed by atoms with Crippen molar-refractivity contribution in [3.63, 3.8) is 0 Å². The Balaban J connectivity index is 1.50. The maximum atomic E-state index is 12.2. The molecule has 1 saturated heterocycles. The fourth-order valence-corrected chi connectivity index (χ4v) is 3.20. The van der Waals surface area contributed by atoms with Crippen LogP contribution in [0.15, 0.2) is 30.3 Å². The Morgan fingerprint density at radius 3 is 2.59 bits per heavy atom. The van der Waals surface area contributed by atoms with Crippen LogP contribution in [0.25, 0.3) is 6.08 Å². The van der Waals surface area contributed by atoms with Gasteiger partial charge in [-0.15, -0.1) is 0 Å². The number of hydrogen-bond donors (Lipinski definition) is 2. The first-order valence-corrected chi connectivity index (χ1v) is 9.06. The lowest BCUT2D eigenvalue weighted by Crippen LogP contribution is -2.44. The fourth-order valence-electron chi connectivity index (χ4n) is 3.20. The molecule has 1 fully saturated rings. The molecule has 144 valence electrons. The van der Waals surface area contributed by atoms with Crippen molar-refractivity contribution in [2.75, 3.05) is 32.2 Å². The molecular formula is C20H26N4O3. The minimum Gasteiger partial charge on any atom is -0.493 e. The summed E-state index contributed by atoms with van der Waals surface area (Å²) in [5.41, 5.74) is 1.94. The monoisotopic (exact) mass is 370 g/mol. The SMILES string of the molecule is COc1ccc(C=CC(=O)NC2CCN(c3cc(C)[nH]n3)CC2)cc1OC. The zero-order valence-electron chi connectivity index (χ0n) is 16.0. The zero-order valence-corrected chi connectivity index (χ0v) is 16.0. The molecule has 0 bridgehead atoms. The van der Waals surface area contributed by atoms with Crippen molar-refractivity contribution in [2.24, 2.45) is 0 Å². The standard InChI is InChI=1S/C20H26N4O3/c1-14-12-19(23-22-14)24-10-8-16(9-11-24)21-20(25)7-5-15-4-6-17(26-2)18(13-15)27-3/h4-7,12-13,16H,8-11H2,1-3H3,(H,21,25)(H,22,23). The molecule has 0 aliphatic carbocycles. The predicted molar refractivity (Wildman–Crippen MR) is 105 cm³/mol. The molecule has 0 atom stereocenters. The van der Waals surface area contributed by atoms with Crippen LogP contribution in [0.3, 0.4) is 0 Å². The highest BCUT2D eigenvalue weighted by Gasteiger charge is 2.21. The second kappa shape index (κ2) is 8.62. The first-order valence-electron chi connectivity index (χ1n) is 9.06. The third-order valence-corrected chi connectivity index (χ3v) is 4.69. The number of H-pyrrole nitrogens is 1. The van der Waals surface area contributed by atoms with Gasteiger partial charge in [-0.05, 0) is 43.5 Å². The number of rotatable bonds is 6. The van der Waals surface area contributed by atoms with Crippen molar-refractivity contribution in [3.8, 4) is 11.5 Å². The van der Waals surface area contributed by atoms with Crippen LogP contribution in [0, 0.1) is 6.92 Å². The molecule has 2 N–H and O–H groups in total. The Labute approximate surface area is 159 Å². The number of nitrogens with zero attached hydrogens (tertiary/aromatic N) is 2. The van der Waals surface area contributed by atoms with Crippen LogP contribution < -0.4 is 19.7 Å². The highest BCUT2D eigenvalue weighted by molar-refractivity contribution is 5.92. The van der Waals surface area contributed by atoms with Crippen LogP contribution in [0.4, 0.5) is 5.82 Å². The van der Waals surface area contributed by atoms with Crippen LogP contribution in [0.5, 0.6) is 11.5 Å². The molecule has 27 heavy (non-hydrogen) atoms. The third-order valence-electron chi connectivity index (χ3n) is 4.69. The zero-order chi connectivity index (χ0) is 19.2. The molecule has 1 aliphatic rings. The summed E-state index contributed by atoms with van der Waals surface area (Å²) in [6, 6.07) is 7.78. The van der Waals surface area contributed by atoms with Gasteiger partial charge in [0, 0.05) is 37.0 Å². The van der Waals surface area contributed by atoms with Crippen LogP contribution in [-0.4, -0.2) is 49.5 Å². The van der Waals surface area contributed by atoms with E-state index < -0.39 is 0 Å². The molecule has 0 saturated carbocycles. The number of aromatic amines is 1. The summed E-state index contributed by atoms with van der Waals surface area (Å²) >= 11 is 0. The minimum atomic E-state index is -0.0844. The van der Waals surface area contributed by atoms with Crippen LogP contribution in [0.2, 0.25) is 0 Å². The average molecular weight is 370 g/mol. The summed E-state index contributed by atoms with van der Waals surface area (Å²) in [5.74, 6) is 2.20. The molecule has 1 aromatic heterocycles. The van der Waals surface area contributed by atoms with E-state index in [1.807, 2.05) is 31.2 Å². The van der Waals surface area contributed by atoms with Crippen molar-refractivity contribution in [1.29, 1.82) is 0 Å². The Kier molecular flexibility index (Phi) is 6.01. The number of anilines is 1. The normalized spacial score (nSPS) is 15.1. The first kappa shape index (κ1) is 18.8. The molecular weight excluding hydrogens is 344 g/mol. The molecule has 0 spiro atoms. The second-order valence-corrected chi connectivity index (χ2v) is 6.63. The Bertz CT molecular complexity index is 807. The summed E-state index contributed by atoms with van der Waals surface area (Å²) < 4.78 is 10.5. The number of piperidine rings is 1. The van der Waals surface area contributed by atoms with E-state index in [0.717, 1.165) is 43.0 Å². The van der Waals surface area contributed by atoms with E-state index in [-0.39, 0.29) is 11.9 Å². The van der Waals surface area contributed by atoms with E-state index in [1.54, 1.807) is 26.4 Å². The number of ether oxygens (including phenoxy) is 2. The second-order valence-electron chi connectivity index (χ2n) is 6.63. The average Bonchev–Trinajstić information content (AvgIpc) is 3.13. The third kappa shape index (κ3) is 4.81. The topological polar surface area (TPSA) is 79.5 Å². The van der Waals surface area contributed by atoms with Gasteiger partial charge in [0.05, 0.1) is 14.2 Å². The van der Waals surface area contributed by atoms with E-state index in [4.69, 9.17) is 9.47 Å². The minimum absolute atomic E-state index is 0.0844. The molecule has 7 nitrogen and oxygen atoms in total. The van der Waals surface area contributed by atoms with E-state index in [9.17, 15) is 4.79 Å². The van der Waals surface area contributed by atoms with Gasteiger partial charge in [0.2, 0.25) is 5.91 Å².